The maximum atomic E-state index is 13.4. The minimum Gasteiger partial charge on any atom is -0.322 e. The van der Waals surface area contributed by atoms with Crippen LogP contribution < -0.4 is 5.73 Å². The third kappa shape index (κ3) is 4.96. The number of halogens is 1. The largest absolute Gasteiger partial charge is 0.322 e. The van der Waals surface area contributed by atoms with Gasteiger partial charge in [0.2, 0.25) is 0 Å². The molecule has 0 heterocycles. The maximum Gasteiger partial charge on any atom is 0.146 e. The zero-order valence-electron chi connectivity index (χ0n) is 11.2. The number of carbonyl (C=O) groups excluding carboxylic acids is 1. The Hall–Kier alpha value is -1.22. The molecule has 0 aliphatic carbocycles. The van der Waals surface area contributed by atoms with Gasteiger partial charge in [0.1, 0.15) is 11.6 Å². The van der Waals surface area contributed by atoms with Gasteiger partial charge in [0.05, 0.1) is 6.04 Å². The van der Waals surface area contributed by atoms with Gasteiger partial charge in [-0.05, 0) is 43.7 Å². The van der Waals surface area contributed by atoms with Crippen LogP contribution in [0.1, 0.15) is 38.7 Å². The third-order valence-electron chi connectivity index (χ3n) is 3.28. The van der Waals surface area contributed by atoms with Crippen LogP contribution in [0.4, 0.5) is 4.39 Å². The Labute approximate surface area is 108 Å². The molecule has 18 heavy (non-hydrogen) atoms. The smallest absolute Gasteiger partial charge is 0.146 e. The number of rotatable bonds is 7. The van der Waals surface area contributed by atoms with E-state index in [1.807, 2.05) is 12.1 Å². The summed E-state index contributed by atoms with van der Waals surface area (Å²) in [4.78, 5) is 11.0. The summed E-state index contributed by atoms with van der Waals surface area (Å²) in [5.74, 6) is 0.303. The molecule has 3 heteroatoms. The van der Waals surface area contributed by atoms with Crippen molar-refractivity contribution in [3.63, 3.8) is 0 Å². The number of ketones is 1. The molecule has 0 aliphatic heterocycles. The first-order chi connectivity index (χ1) is 8.50. The van der Waals surface area contributed by atoms with Gasteiger partial charge in [-0.2, -0.15) is 0 Å². The predicted molar refractivity (Wildman–Crippen MR) is 71.8 cm³/mol. The molecule has 1 aromatic carbocycles. The van der Waals surface area contributed by atoms with E-state index in [1.165, 1.54) is 13.0 Å². The van der Waals surface area contributed by atoms with Crippen LogP contribution in [0.15, 0.2) is 24.3 Å². The molecule has 1 aromatic rings. The molecule has 2 atom stereocenters. The van der Waals surface area contributed by atoms with E-state index < -0.39 is 0 Å². The average Bonchev–Trinajstić information content (AvgIpc) is 2.31. The summed E-state index contributed by atoms with van der Waals surface area (Å²) < 4.78 is 13.4. The highest BCUT2D eigenvalue weighted by Gasteiger charge is 2.13. The van der Waals surface area contributed by atoms with Gasteiger partial charge in [-0.15, -0.1) is 0 Å². The van der Waals surface area contributed by atoms with Crippen LogP contribution in [0.25, 0.3) is 0 Å². The summed E-state index contributed by atoms with van der Waals surface area (Å²) >= 11 is 0. The predicted octanol–water partition coefficient (Wildman–Crippen LogP) is 3.09. The first kappa shape index (κ1) is 14.8. The Bertz CT molecular complexity index is 392. The summed E-state index contributed by atoms with van der Waals surface area (Å²) in [6, 6.07) is 6.51. The first-order valence-electron chi connectivity index (χ1n) is 6.50. The number of nitrogens with two attached hydrogens (primary N) is 1. The lowest BCUT2D eigenvalue weighted by Crippen LogP contribution is -2.30. The molecule has 0 aromatic heterocycles. The number of carbonyl (C=O) groups is 1. The van der Waals surface area contributed by atoms with Gasteiger partial charge in [0, 0.05) is 0 Å². The van der Waals surface area contributed by atoms with Crippen LogP contribution in [0.5, 0.6) is 0 Å². The van der Waals surface area contributed by atoms with Crippen molar-refractivity contribution in [1.29, 1.82) is 0 Å². The molecule has 2 N–H and O–H groups in total. The molecule has 0 fully saturated rings. The van der Waals surface area contributed by atoms with E-state index in [9.17, 15) is 9.18 Å². The molecule has 2 nitrogen and oxygen atoms in total. The lowest BCUT2D eigenvalue weighted by atomic mass is 9.94. The van der Waals surface area contributed by atoms with Gasteiger partial charge >= 0.3 is 0 Å². The maximum absolute atomic E-state index is 13.4. The van der Waals surface area contributed by atoms with Gasteiger partial charge in [-0.3, -0.25) is 4.79 Å². The molecule has 0 saturated carbocycles. The summed E-state index contributed by atoms with van der Waals surface area (Å²) in [5.41, 5.74) is 6.48. The number of hydrogen-bond acceptors (Lipinski definition) is 2. The van der Waals surface area contributed by atoms with Crippen molar-refractivity contribution in [2.75, 3.05) is 0 Å². The van der Waals surface area contributed by atoms with Crippen molar-refractivity contribution >= 4 is 5.78 Å². The van der Waals surface area contributed by atoms with Crippen LogP contribution in [-0.2, 0) is 11.2 Å². The van der Waals surface area contributed by atoms with E-state index in [0.717, 1.165) is 24.8 Å². The quantitative estimate of drug-likeness (QED) is 0.809. The van der Waals surface area contributed by atoms with E-state index in [2.05, 4.69) is 6.92 Å². The van der Waals surface area contributed by atoms with Gasteiger partial charge in [-0.25, -0.2) is 4.39 Å². The lowest BCUT2D eigenvalue weighted by Gasteiger charge is -2.15. The highest BCUT2D eigenvalue weighted by molar-refractivity contribution is 5.81. The standard InChI is InChI=1S/C15H22FNO/c1-11(10-15(17)12(2)18)6-5-8-13-7-3-4-9-14(13)16/h3-4,7,9,11,15H,5-6,8,10,17H2,1-2H3. The summed E-state index contributed by atoms with van der Waals surface area (Å²) in [7, 11) is 0. The van der Waals surface area contributed by atoms with Crippen molar-refractivity contribution < 1.29 is 9.18 Å². The fourth-order valence-electron chi connectivity index (χ4n) is 2.06. The summed E-state index contributed by atoms with van der Waals surface area (Å²) in [5, 5.41) is 0. The van der Waals surface area contributed by atoms with Crippen LogP contribution >= 0.6 is 0 Å². The highest BCUT2D eigenvalue weighted by Crippen LogP contribution is 2.16. The van der Waals surface area contributed by atoms with E-state index >= 15 is 0 Å². The molecule has 0 bridgehead atoms. The number of Topliss-reactive ketones (excluding diaryl/α,β-unsaturated/α-hetero) is 1. The van der Waals surface area contributed by atoms with E-state index in [4.69, 9.17) is 5.73 Å². The molecule has 0 amide bonds. The minimum absolute atomic E-state index is 0.0379. The molecular formula is C15H22FNO. The fraction of sp³-hybridized carbons (Fsp3) is 0.533. The molecule has 0 aliphatic rings. The van der Waals surface area contributed by atoms with E-state index in [-0.39, 0.29) is 17.6 Å². The van der Waals surface area contributed by atoms with Crippen LogP contribution in [0, 0.1) is 11.7 Å². The second kappa shape index (κ2) is 7.27. The Morgan fingerprint density at radius 1 is 1.39 bits per heavy atom. The second-order valence-corrected chi connectivity index (χ2v) is 5.04. The van der Waals surface area contributed by atoms with E-state index in [0.29, 0.717) is 12.3 Å². The SMILES string of the molecule is CC(=O)C(N)CC(C)CCCc1ccccc1F. The van der Waals surface area contributed by atoms with Crippen LogP contribution in [0.3, 0.4) is 0 Å². The van der Waals surface area contributed by atoms with Crippen LogP contribution in [0.2, 0.25) is 0 Å². The topological polar surface area (TPSA) is 43.1 Å². The van der Waals surface area contributed by atoms with Crippen molar-refractivity contribution in [2.45, 2.75) is 45.6 Å². The molecular weight excluding hydrogens is 229 g/mol. The molecule has 2 unspecified atom stereocenters. The van der Waals surface area contributed by atoms with Gasteiger partial charge in [-0.1, -0.05) is 31.5 Å². The normalized spacial score (nSPS) is 14.2. The zero-order valence-corrected chi connectivity index (χ0v) is 11.2. The fourth-order valence-corrected chi connectivity index (χ4v) is 2.06. The monoisotopic (exact) mass is 251 g/mol. The van der Waals surface area contributed by atoms with Crippen LogP contribution in [-0.4, -0.2) is 11.8 Å². The van der Waals surface area contributed by atoms with Crippen molar-refractivity contribution in [2.24, 2.45) is 11.7 Å². The molecule has 1 rings (SSSR count). The Morgan fingerprint density at radius 2 is 2.06 bits per heavy atom. The molecule has 0 spiro atoms. The van der Waals surface area contributed by atoms with Gasteiger partial charge in [0.25, 0.3) is 0 Å². The minimum atomic E-state index is -0.353. The van der Waals surface area contributed by atoms with Crippen molar-refractivity contribution in [3.8, 4) is 0 Å². The molecule has 100 valence electrons. The second-order valence-electron chi connectivity index (χ2n) is 5.04. The van der Waals surface area contributed by atoms with Gasteiger partial charge in [0.15, 0.2) is 0 Å². The number of benzene rings is 1. The number of hydrogen-bond donors (Lipinski definition) is 1. The Kier molecular flexibility index (Phi) is 5.99. The average molecular weight is 251 g/mol. The Morgan fingerprint density at radius 3 is 2.67 bits per heavy atom. The van der Waals surface area contributed by atoms with Gasteiger partial charge < -0.3 is 5.73 Å². The third-order valence-corrected chi connectivity index (χ3v) is 3.28. The Balaban J connectivity index is 2.30. The molecule has 0 radical (unpaired) electrons. The number of aryl methyl sites for hydroxylation is 1. The van der Waals surface area contributed by atoms with E-state index in [1.54, 1.807) is 6.07 Å². The lowest BCUT2D eigenvalue weighted by molar-refractivity contribution is -0.118. The summed E-state index contributed by atoms with van der Waals surface area (Å²) in [6.45, 7) is 3.61. The van der Waals surface area contributed by atoms with Crippen molar-refractivity contribution in [3.05, 3.63) is 35.6 Å². The first-order valence-corrected chi connectivity index (χ1v) is 6.50. The summed E-state index contributed by atoms with van der Waals surface area (Å²) in [6.07, 6.45) is 3.35. The van der Waals surface area contributed by atoms with Crippen molar-refractivity contribution in [1.82, 2.24) is 0 Å². The zero-order chi connectivity index (χ0) is 13.5. The molecule has 0 saturated heterocycles. The highest BCUT2D eigenvalue weighted by atomic mass is 19.1.